The quantitative estimate of drug-likeness (QED) is 0.574. The van der Waals surface area contributed by atoms with Crippen LogP contribution in [0.15, 0.2) is 27.3 Å². The van der Waals surface area contributed by atoms with E-state index in [1.165, 1.54) is 0 Å². The van der Waals surface area contributed by atoms with Crippen molar-refractivity contribution in [3.8, 4) is 5.75 Å². The molecule has 1 heterocycles. The zero-order chi connectivity index (χ0) is 9.42. The highest BCUT2D eigenvalue weighted by molar-refractivity contribution is 8.00. The number of aromatic hydroxyl groups is 1. The monoisotopic (exact) mass is 228 g/mol. The molecule has 0 spiro atoms. The second kappa shape index (κ2) is 3.44. The van der Waals surface area contributed by atoms with Gasteiger partial charge in [-0.25, -0.2) is 0 Å². The molecular weight excluding hydrogens is 220 g/mol. The molecule has 1 aromatic heterocycles. The number of thiol groups is 1. The molecule has 2 rings (SSSR count). The fraction of sp³-hybridized carbons (Fsp3) is 0.111. The third-order valence-electron chi connectivity index (χ3n) is 1.80. The molecule has 4 heteroatoms. The van der Waals surface area contributed by atoms with Crippen LogP contribution in [0.25, 0.3) is 10.1 Å². The van der Waals surface area contributed by atoms with Crippen molar-refractivity contribution >= 4 is 45.8 Å². The van der Waals surface area contributed by atoms with Gasteiger partial charge in [-0.15, -0.1) is 35.7 Å². The maximum Gasteiger partial charge on any atom is 0.147 e. The SMILES string of the molecule is CSc1sc2cc(S)ccc2c1O. The van der Waals surface area contributed by atoms with Gasteiger partial charge in [0, 0.05) is 15.0 Å². The third kappa shape index (κ3) is 1.54. The van der Waals surface area contributed by atoms with Crippen LogP contribution in [-0.2, 0) is 0 Å². The number of thiophene rings is 1. The summed E-state index contributed by atoms with van der Waals surface area (Å²) in [5.41, 5.74) is 0. The van der Waals surface area contributed by atoms with Gasteiger partial charge in [-0.2, -0.15) is 0 Å². The molecule has 0 aliphatic heterocycles. The maximum atomic E-state index is 9.75. The highest BCUT2D eigenvalue weighted by Gasteiger charge is 2.09. The molecule has 0 aliphatic rings. The van der Waals surface area contributed by atoms with Crippen molar-refractivity contribution < 1.29 is 5.11 Å². The Bertz CT molecular complexity index is 447. The van der Waals surface area contributed by atoms with E-state index in [0.717, 1.165) is 19.2 Å². The highest BCUT2D eigenvalue weighted by Crippen LogP contribution is 2.42. The summed E-state index contributed by atoms with van der Waals surface area (Å²) < 4.78 is 2.06. The van der Waals surface area contributed by atoms with Crippen LogP contribution in [0.2, 0.25) is 0 Å². The van der Waals surface area contributed by atoms with E-state index in [1.807, 2.05) is 24.5 Å². The lowest BCUT2D eigenvalue weighted by atomic mass is 10.2. The molecule has 0 bridgehead atoms. The van der Waals surface area contributed by atoms with Gasteiger partial charge in [0.25, 0.3) is 0 Å². The summed E-state index contributed by atoms with van der Waals surface area (Å²) in [5, 5.41) is 10.7. The van der Waals surface area contributed by atoms with Crippen LogP contribution >= 0.6 is 35.7 Å². The minimum Gasteiger partial charge on any atom is -0.505 e. The third-order valence-corrected chi connectivity index (χ3v) is 4.33. The standard InChI is InChI=1S/C9H8OS3/c1-12-9-8(10)6-3-2-5(11)4-7(6)13-9/h2-4,10-11H,1H3. The molecule has 0 saturated heterocycles. The first-order valence-corrected chi connectivity index (χ1v) is 6.19. The van der Waals surface area contributed by atoms with Crippen LogP contribution in [0.1, 0.15) is 0 Å². The summed E-state index contributed by atoms with van der Waals surface area (Å²) in [6.07, 6.45) is 1.96. The first kappa shape index (κ1) is 9.24. The van der Waals surface area contributed by atoms with Crippen LogP contribution in [0.3, 0.4) is 0 Å². The second-order valence-electron chi connectivity index (χ2n) is 2.62. The molecule has 2 aromatic rings. The van der Waals surface area contributed by atoms with Crippen LogP contribution in [0.5, 0.6) is 5.75 Å². The first-order chi connectivity index (χ1) is 6.22. The molecule has 1 nitrogen and oxygen atoms in total. The normalized spacial score (nSPS) is 10.9. The van der Waals surface area contributed by atoms with E-state index in [-0.39, 0.29) is 0 Å². The number of hydrogen-bond acceptors (Lipinski definition) is 4. The van der Waals surface area contributed by atoms with Gasteiger partial charge in [0.2, 0.25) is 0 Å². The molecule has 68 valence electrons. The number of fused-ring (bicyclic) bond motifs is 1. The molecule has 0 radical (unpaired) electrons. The smallest absolute Gasteiger partial charge is 0.147 e. The van der Waals surface area contributed by atoms with E-state index in [4.69, 9.17) is 0 Å². The van der Waals surface area contributed by atoms with E-state index in [1.54, 1.807) is 23.1 Å². The van der Waals surface area contributed by atoms with Crippen molar-refractivity contribution in [2.24, 2.45) is 0 Å². The van der Waals surface area contributed by atoms with Crippen molar-refractivity contribution in [1.82, 2.24) is 0 Å². The van der Waals surface area contributed by atoms with E-state index in [2.05, 4.69) is 12.6 Å². The average molecular weight is 228 g/mol. The Morgan fingerprint density at radius 3 is 2.92 bits per heavy atom. The Hall–Kier alpha value is -0.320. The lowest BCUT2D eigenvalue weighted by molar-refractivity contribution is 0.473. The van der Waals surface area contributed by atoms with E-state index in [0.29, 0.717) is 5.75 Å². The Morgan fingerprint density at radius 1 is 1.46 bits per heavy atom. The van der Waals surface area contributed by atoms with Crippen LogP contribution in [-0.4, -0.2) is 11.4 Å². The van der Waals surface area contributed by atoms with Crippen LogP contribution < -0.4 is 0 Å². The fourth-order valence-corrected chi connectivity index (χ4v) is 3.25. The second-order valence-corrected chi connectivity index (χ2v) is 5.27. The molecule has 0 saturated carbocycles. The first-order valence-electron chi connectivity index (χ1n) is 3.71. The van der Waals surface area contributed by atoms with Crippen molar-refractivity contribution in [2.75, 3.05) is 6.26 Å². The van der Waals surface area contributed by atoms with Gasteiger partial charge in [0.15, 0.2) is 0 Å². The van der Waals surface area contributed by atoms with Crippen LogP contribution in [0.4, 0.5) is 0 Å². The van der Waals surface area contributed by atoms with Gasteiger partial charge in [-0.3, -0.25) is 0 Å². The summed E-state index contributed by atoms with van der Waals surface area (Å²) >= 11 is 7.42. The van der Waals surface area contributed by atoms with Gasteiger partial charge in [0.1, 0.15) is 9.96 Å². The summed E-state index contributed by atoms with van der Waals surface area (Å²) in [4.78, 5) is 0.932. The Labute approximate surface area is 90.2 Å². The topological polar surface area (TPSA) is 20.2 Å². The zero-order valence-electron chi connectivity index (χ0n) is 6.94. The van der Waals surface area contributed by atoms with Crippen molar-refractivity contribution in [3.05, 3.63) is 18.2 Å². The molecule has 0 unspecified atom stereocenters. The van der Waals surface area contributed by atoms with E-state index in [9.17, 15) is 5.11 Å². The number of benzene rings is 1. The van der Waals surface area contributed by atoms with Gasteiger partial charge < -0.3 is 5.11 Å². The molecule has 13 heavy (non-hydrogen) atoms. The molecule has 1 aromatic carbocycles. The molecule has 0 amide bonds. The average Bonchev–Trinajstić information content (AvgIpc) is 2.42. The Morgan fingerprint density at radius 2 is 2.23 bits per heavy atom. The summed E-state index contributed by atoms with van der Waals surface area (Å²) in [6, 6.07) is 5.77. The predicted molar refractivity (Wildman–Crippen MR) is 62.5 cm³/mol. The number of hydrogen-bond donors (Lipinski definition) is 2. The van der Waals surface area contributed by atoms with Crippen LogP contribution in [0, 0.1) is 0 Å². The van der Waals surface area contributed by atoms with Gasteiger partial charge in [0.05, 0.1) is 0 Å². The molecule has 0 aliphatic carbocycles. The van der Waals surface area contributed by atoms with Crippen molar-refractivity contribution in [2.45, 2.75) is 9.10 Å². The zero-order valence-corrected chi connectivity index (χ0v) is 9.47. The molecule has 0 atom stereocenters. The lowest BCUT2D eigenvalue weighted by Gasteiger charge is -1.92. The van der Waals surface area contributed by atoms with Crippen molar-refractivity contribution in [1.29, 1.82) is 0 Å². The minimum absolute atomic E-state index is 0.404. The largest absolute Gasteiger partial charge is 0.505 e. The molecular formula is C9H8OS3. The lowest BCUT2D eigenvalue weighted by Crippen LogP contribution is -1.65. The Balaban J connectivity index is 2.76. The van der Waals surface area contributed by atoms with Gasteiger partial charge >= 0.3 is 0 Å². The molecule has 1 N–H and O–H groups in total. The maximum absolute atomic E-state index is 9.75. The van der Waals surface area contributed by atoms with Gasteiger partial charge in [-0.1, -0.05) is 0 Å². The summed E-state index contributed by atoms with van der Waals surface area (Å²) in [5.74, 6) is 0.404. The fourth-order valence-electron chi connectivity index (χ4n) is 1.19. The van der Waals surface area contributed by atoms with E-state index < -0.39 is 0 Å². The van der Waals surface area contributed by atoms with Gasteiger partial charge in [-0.05, 0) is 24.5 Å². The Kier molecular flexibility index (Phi) is 2.45. The highest BCUT2D eigenvalue weighted by atomic mass is 32.2. The summed E-state index contributed by atoms with van der Waals surface area (Å²) in [6.45, 7) is 0. The van der Waals surface area contributed by atoms with E-state index >= 15 is 0 Å². The molecule has 0 fully saturated rings. The predicted octanol–water partition coefficient (Wildman–Crippen LogP) is 3.62. The number of thioether (sulfide) groups is 1. The number of rotatable bonds is 1. The minimum atomic E-state index is 0.404. The van der Waals surface area contributed by atoms with Crippen molar-refractivity contribution in [3.63, 3.8) is 0 Å². The summed E-state index contributed by atoms with van der Waals surface area (Å²) in [7, 11) is 0.